The number of carboxylic acid groups (broad SMARTS) is 1. The summed E-state index contributed by atoms with van der Waals surface area (Å²) in [5.41, 5.74) is 2.31. The van der Waals surface area contributed by atoms with Crippen LogP contribution >= 0.6 is 0 Å². The lowest BCUT2D eigenvalue weighted by Crippen LogP contribution is -2.31. The van der Waals surface area contributed by atoms with Crippen LogP contribution in [0.2, 0.25) is 0 Å². The van der Waals surface area contributed by atoms with E-state index < -0.39 is 11.4 Å². The maximum Gasteiger partial charge on any atom is 0.310 e. The van der Waals surface area contributed by atoms with Gasteiger partial charge in [-0.2, -0.15) is 0 Å². The molecule has 0 radical (unpaired) electrons. The number of nitrogens with zero attached hydrogens (tertiary/aromatic N) is 1. The van der Waals surface area contributed by atoms with Crippen molar-refractivity contribution in [2.45, 2.75) is 38.6 Å². The molecule has 0 bridgehead atoms. The number of carboxylic acids is 1. The lowest BCUT2D eigenvalue weighted by molar-refractivity contribution is -0.147. The second-order valence-corrected chi connectivity index (χ2v) is 6.30. The van der Waals surface area contributed by atoms with Gasteiger partial charge in [0.25, 0.3) is 0 Å². The minimum Gasteiger partial charge on any atom is -0.481 e. The normalized spacial score (nSPS) is 27.6. The lowest BCUT2D eigenvalue weighted by atomic mass is 9.90. The molecule has 102 valence electrons. The molecule has 1 unspecified atom stereocenters. The van der Waals surface area contributed by atoms with Gasteiger partial charge in [0.15, 0.2) is 0 Å². The monoisotopic (exact) mass is 259 g/mol. The molecule has 3 heteroatoms. The van der Waals surface area contributed by atoms with Gasteiger partial charge >= 0.3 is 5.97 Å². The number of rotatable bonds is 4. The largest absolute Gasteiger partial charge is 0.481 e. The van der Waals surface area contributed by atoms with Crippen LogP contribution in [0.4, 0.5) is 0 Å². The molecule has 1 aromatic carbocycles. The second kappa shape index (κ2) is 4.64. The minimum absolute atomic E-state index is 0.561. The van der Waals surface area contributed by atoms with Crippen molar-refractivity contribution >= 4 is 5.97 Å². The molecule has 1 heterocycles. The van der Waals surface area contributed by atoms with Crippen molar-refractivity contribution in [2.24, 2.45) is 5.41 Å². The first-order valence-corrected chi connectivity index (χ1v) is 7.12. The number of benzene rings is 1. The van der Waals surface area contributed by atoms with Gasteiger partial charge in [0.1, 0.15) is 0 Å². The van der Waals surface area contributed by atoms with E-state index in [4.69, 9.17) is 0 Å². The van der Waals surface area contributed by atoms with Gasteiger partial charge in [-0.05, 0) is 49.8 Å². The fourth-order valence-electron chi connectivity index (χ4n) is 3.08. The highest BCUT2D eigenvalue weighted by Gasteiger charge is 2.40. The zero-order valence-corrected chi connectivity index (χ0v) is 11.4. The molecule has 1 aromatic rings. The van der Waals surface area contributed by atoms with Crippen molar-refractivity contribution in [2.75, 3.05) is 13.1 Å². The average molecular weight is 259 g/mol. The fraction of sp³-hybridized carbons (Fsp3) is 0.562. The number of hydrogen-bond acceptors (Lipinski definition) is 2. The maximum absolute atomic E-state index is 11.3. The van der Waals surface area contributed by atoms with E-state index in [0.29, 0.717) is 6.54 Å². The standard InChI is InChI=1S/C16H21NO2/c1-16(15(18)19)8-9-17(11-16)10-13-4-2-3-5-14(13)12-6-7-12/h2-5,12H,6-11H2,1H3,(H,18,19). The van der Waals surface area contributed by atoms with Crippen LogP contribution < -0.4 is 0 Å². The number of aliphatic carboxylic acids is 1. The van der Waals surface area contributed by atoms with Gasteiger partial charge < -0.3 is 5.11 Å². The van der Waals surface area contributed by atoms with Crippen LogP contribution in [0.5, 0.6) is 0 Å². The smallest absolute Gasteiger partial charge is 0.310 e. The maximum atomic E-state index is 11.3. The molecule has 19 heavy (non-hydrogen) atoms. The molecule has 3 nitrogen and oxygen atoms in total. The van der Waals surface area contributed by atoms with E-state index in [0.717, 1.165) is 25.4 Å². The van der Waals surface area contributed by atoms with Crippen LogP contribution in [0.3, 0.4) is 0 Å². The van der Waals surface area contributed by atoms with Crippen LogP contribution in [0.1, 0.15) is 43.2 Å². The van der Waals surface area contributed by atoms with Gasteiger partial charge in [-0.15, -0.1) is 0 Å². The topological polar surface area (TPSA) is 40.5 Å². The van der Waals surface area contributed by atoms with Gasteiger partial charge in [-0.1, -0.05) is 24.3 Å². The van der Waals surface area contributed by atoms with Gasteiger partial charge in [0, 0.05) is 13.1 Å². The van der Waals surface area contributed by atoms with Gasteiger partial charge in [0.05, 0.1) is 5.41 Å². The Hall–Kier alpha value is -1.35. The molecule has 2 fully saturated rings. The molecular weight excluding hydrogens is 238 g/mol. The van der Waals surface area contributed by atoms with E-state index in [2.05, 4.69) is 29.2 Å². The minimum atomic E-state index is -0.662. The van der Waals surface area contributed by atoms with Crippen molar-refractivity contribution in [3.63, 3.8) is 0 Å². The van der Waals surface area contributed by atoms with E-state index in [9.17, 15) is 9.90 Å². The van der Waals surface area contributed by atoms with Crippen molar-refractivity contribution < 1.29 is 9.90 Å². The fourth-order valence-corrected chi connectivity index (χ4v) is 3.08. The third kappa shape index (κ3) is 2.52. The molecule has 1 atom stereocenters. The summed E-state index contributed by atoms with van der Waals surface area (Å²) in [6.07, 6.45) is 3.38. The highest BCUT2D eigenvalue weighted by atomic mass is 16.4. The zero-order valence-electron chi connectivity index (χ0n) is 11.4. The molecule has 3 rings (SSSR count). The summed E-state index contributed by atoms with van der Waals surface area (Å²) >= 11 is 0. The van der Waals surface area contributed by atoms with Gasteiger partial charge in [0.2, 0.25) is 0 Å². The highest BCUT2D eigenvalue weighted by molar-refractivity contribution is 5.74. The third-order valence-corrected chi connectivity index (χ3v) is 4.53. The van der Waals surface area contributed by atoms with Crippen LogP contribution in [0.15, 0.2) is 24.3 Å². The first-order valence-electron chi connectivity index (χ1n) is 7.12. The Morgan fingerprint density at radius 3 is 2.79 bits per heavy atom. The molecule has 1 aliphatic heterocycles. The van der Waals surface area contributed by atoms with Crippen LogP contribution in [-0.2, 0) is 11.3 Å². The number of likely N-dealkylation sites (tertiary alicyclic amines) is 1. The van der Waals surface area contributed by atoms with E-state index in [1.165, 1.54) is 24.0 Å². The first kappa shape index (κ1) is 12.7. The second-order valence-electron chi connectivity index (χ2n) is 6.30. The Morgan fingerprint density at radius 1 is 1.42 bits per heavy atom. The van der Waals surface area contributed by atoms with Crippen LogP contribution in [0.25, 0.3) is 0 Å². The van der Waals surface area contributed by atoms with Gasteiger partial charge in [-0.25, -0.2) is 0 Å². The quantitative estimate of drug-likeness (QED) is 0.904. The van der Waals surface area contributed by atoms with E-state index in [1.807, 2.05) is 6.92 Å². The van der Waals surface area contributed by atoms with Crippen molar-refractivity contribution in [1.29, 1.82) is 0 Å². The molecule has 0 spiro atoms. The molecule has 0 amide bonds. The lowest BCUT2D eigenvalue weighted by Gasteiger charge is -2.21. The number of hydrogen-bond donors (Lipinski definition) is 1. The molecule has 1 saturated heterocycles. The Balaban J connectivity index is 1.71. The highest BCUT2D eigenvalue weighted by Crippen LogP contribution is 2.42. The summed E-state index contributed by atoms with van der Waals surface area (Å²) in [5.74, 6) is 0.0927. The van der Waals surface area contributed by atoms with Crippen LogP contribution in [0, 0.1) is 5.41 Å². The summed E-state index contributed by atoms with van der Waals surface area (Å²) in [6, 6.07) is 8.64. The third-order valence-electron chi connectivity index (χ3n) is 4.53. The molecule has 1 N–H and O–H groups in total. The SMILES string of the molecule is CC1(C(=O)O)CCN(Cc2ccccc2C2CC2)C1. The number of carbonyl (C=O) groups is 1. The molecule has 1 aliphatic carbocycles. The van der Waals surface area contributed by atoms with E-state index in [1.54, 1.807) is 0 Å². The molecule has 1 saturated carbocycles. The molecular formula is C16H21NO2. The van der Waals surface area contributed by atoms with Crippen molar-refractivity contribution in [1.82, 2.24) is 4.90 Å². The van der Waals surface area contributed by atoms with Crippen LogP contribution in [-0.4, -0.2) is 29.1 Å². The summed E-state index contributed by atoms with van der Waals surface area (Å²) in [4.78, 5) is 13.6. The Kier molecular flexibility index (Phi) is 3.09. The molecule has 0 aromatic heterocycles. The Bertz CT molecular complexity index is 495. The predicted octanol–water partition coefficient (Wildman–Crippen LogP) is 2.86. The predicted molar refractivity (Wildman–Crippen MR) is 74.1 cm³/mol. The Morgan fingerprint density at radius 2 is 2.16 bits per heavy atom. The zero-order chi connectivity index (χ0) is 13.5. The average Bonchev–Trinajstić information content (AvgIpc) is 3.15. The first-order chi connectivity index (χ1) is 9.08. The van der Waals surface area contributed by atoms with Gasteiger partial charge in [-0.3, -0.25) is 9.69 Å². The molecule has 2 aliphatic rings. The van der Waals surface area contributed by atoms with E-state index >= 15 is 0 Å². The summed E-state index contributed by atoms with van der Waals surface area (Å²) < 4.78 is 0. The van der Waals surface area contributed by atoms with E-state index in [-0.39, 0.29) is 0 Å². The van der Waals surface area contributed by atoms with Crippen molar-refractivity contribution in [3.8, 4) is 0 Å². The summed E-state index contributed by atoms with van der Waals surface area (Å²) in [5, 5.41) is 9.28. The Labute approximate surface area is 114 Å². The summed E-state index contributed by atoms with van der Waals surface area (Å²) in [6.45, 7) is 4.32. The summed E-state index contributed by atoms with van der Waals surface area (Å²) in [7, 11) is 0. The van der Waals surface area contributed by atoms with Crippen molar-refractivity contribution in [3.05, 3.63) is 35.4 Å².